The van der Waals surface area contributed by atoms with Gasteiger partial charge in [0.15, 0.2) is 7.14 Å². The van der Waals surface area contributed by atoms with Crippen LogP contribution in [0.4, 0.5) is 4.79 Å². The Labute approximate surface area is 131 Å². The Hall–Kier alpha value is -2.06. The lowest BCUT2D eigenvalue weighted by atomic mass is 10.3. The van der Waals surface area contributed by atoms with Crippen molar-refractivity contribution in [2.45, 2.75) is 25.5 Å². The van der Waals surface area contributed by atoms with Gasteiger partial charge in [-0.1, -0.05) is 74.0 Å². The van der Waals surface area contributed by atoms with Crippen LogP contribution in [0.1, 0.15) is 19.8 Å². The average molecular weight is 316 g/mol. The van der Waals surface area contributed by atoms with Gasteiger partial charge < -0.3 is 15.6 Å². The highest BCUT2D eigenvalue weighted by atomic mass is 31.2. The molecular formula is C17H21N2O2P. The molecule has 2 rings (SSSR count). The van der Waals surface area contributed by atoms with E-state index in [-0.39, 0.29) is 0 Å². The van der Waals surface area contributed by atoms with Gasteiger partial charge in [0.05, 0.1) is 5.78 Å². The summed E-state index contributed by atoms with van der Waals surface area (Å²) in [6, 6.07) is 17.9. The van der Waals surface area contributed by atoms with Crippen molar-refractivity contribution in [2.75, 3.05) is 0 Å². The Kier molecular flexibility index (Phi) is 5.40. The highest BCUT2D eigenvalue weighted by molar-refractivity contribution is 7.79. The van der Waals surface area contributed by atoms with Crippen LogP contribution in [-0.4, -0.2) is 11.8 Å². The second-order valence-electron chi connectivity index (χ2n) is 5.14. The van der Waals surface area contributed by atoms with Crippen molar-refractivity contribution < 1.29 is 9.36 Å². The van der Waals surface area contributed by atoms with Crippen LogP contribution in [0.15, 0.2) is 60.7 Å². The molecule has 0 aromatic heterocycles. The van der Waals surface area contributed by atoms with Crippen LogP contribution >= 0.6 is 7.14 Å². The molecule has 0 spiro atoms. The number of benzene rings is 2. The van der Waals surface area contributed by atoms with E-state index in [1.54, 1.807) is 0 Å². The number of rotatable bonds is 6. The summed E-state index contributed by atoms with van der Waals surface area (Å²) in [5.41, 5.74) is 5.31. The van der Waals surface area contributed by atoms with Crippen molar-refractivity contribution in [1.82, 2.24) is 5.32 Å². The predicted octanol–water partition coefficient (Wildman–Crippen LogP) is 2.80. The van der Waals surface area contributed by atoms with Gasteiger partial charge in [-0.25, -0.2) is 4.79 Å². The van der Waals surface area contributed by atoms with E-state index in [2.05, 4.69) is 5.32 Å². The summed E-state index contributed by atoms with van der Waals surface area (Å²) in [7, 11) is -3.02. The summed E-state index contributed by atoms with van der Waals surface area (Å²) in [6.07, 6.45) is 1.40. The first-order valence-corrected chi connectivity index (χ1v) is 9.13. The van der Waals surface area contributed by atoms with E-state index < -0.39 is 19.0 Å². The maximum absolute atomic E-state index is 14.0. The number of hydrogen-bond donors (Lipinski definition) is 2. The molecule has 5 heteroatoms. The minimum atomic E-state index is -3.02. The molecule has 0 heterocycles. The molecule has 0 aliphatic carbocycles. The Morgan fingerprint density at radius 3 is 1.86 bits per heavy atom. The minimum absolute atomic E-state index is 0.500. The molecule has 0 aliphatic rings. The molecule has 0 saturated carbocycles. The average Bonchev–Trinajstić information content (AvgIpc) is 2.55. The van der Waals surface area contributed by atoms with Crippen LogP contribution in [0.25, 0.3) is 0 Å². The lowest BCUT2D eigenvalue weighted by Gasteiger charge is -2.28. The number of nitrogens with one attached hydrogen (secondary N) is 1. The minimum Gasteiger partial charge on any atom is -0.352 e. The molecular weight excluding hydrogens is 295 g/mol. The molecule has 0 aliphatic heterocycles. The van der Waals surface area contributed by atoms with E-state index in [4.69, 9.17) is 5.73 Å². The van der Waals surface area contributed by atoms with Gasteiger partial charge in [-0.05, 0) is 6.42 Å². The first-order chi connectivity index (χ1) is 10.6. The first kappa shape index (κ1) is 16.3. The molecule has 2 aromatic rings. The standard InChI is InChI=1S/C17H21N2O2P/c1-2-9-16(19-17(18)20)22(21,14-10-5-3-6-11-14)15-12-7-4-8-13-15/h3-8,10-13,16H,2,9H2,1H3,(H3,18,19,20). The van der Waals surface area contributed by atoms with Crippen molar-refractivity contribution in [1.29, 1.82) is 0 Å². The number of amides is 2. The Bertz CT molecular complexity index is 615. The van der Waals surface area contributed by atoms with Gasteiger partial charge in [-0.3, -0.25) is 0 Å². The monoisotopic (exact) mass is 316 g/mol. The third-order valence-electron chi connectivity index (χ3n) is 3.59. The van der Waals surface area contributed by atoms with Crippen molar-refractivity contribution in [3.05, 3.63) is 60.7 Å². The molecule has 0 bridgehead atoms. The second kappa shape index (κ2) is 7.28. The predicted molar refractivity (Wildman–Crippen MR) is 91.2 cm³/mol. The van der Waals surface area contributed by atoms with Gasteiger partial charge in [0.2, 0.25) is 0 Å². The number of primary amides is 1. The highest BCUT2D eigenvalue weighted by Crippen LogP contribution is 2.49. The molecule has 1 atom stereocenters. The fourth-order valence-corrected chi connectivity index (χ4v) is 5.77. The summed E-state index contributed by atoms with van der Waals surface area (Å²) in [5, 5.41) is 4.15. The van der Waals surface area contributed by atoms with Crippen molar-refractivity contribution in [3.63, 3.8) is 0 Å². The maximum atomic E-state index is 14.0. The number of carbonyl (C=O) groups is 1. The Morgan fingerprint density at radius 2 is 1.50 bits per heavy atom. The topological polar surface area (TPSA) is 72.2 Å². The van der Waals surface area contributed by atoms with Crippen LogP contribution < -0.4 is 21.7 Å². The number of urea groups is 1. The number of nitrogens with two attached hydrogens (primary N) is 1. The Balaban J connectivity index is 2.59. The van der Waals surface area contributed by atoms with Crippen LogP contribution in [0.2, 0.25) is 0 Å². The van der Waals surface area contributed by atoms with Gasteiger partial charge in [0.25, 0.3) is 0 Å². The van der Waals surface area contributed by atoms with Gasteiger partial charge in [0.1, 0.15) is 0 Å². The third kappa shape index (κ3) is 3.40. The molecule has 2 aromatic carbocycles. The number of carbonyl (C=O) groups excluding carboxylic acids is 1. The molecule has 116 valence electrons. The zero-order chi connectivity index (χ0) is 16.0. The summed E-state index contributed by atoms with van der Waals surface area (Å²) in [5.74, 6) is -0.500. The summed E-state index contributed by atoms with van der Waals surface area (Å²) in [6.45, 7) is 2.00. The van der Waals surface area contributed by atoms with Gasteiger partial charge in [-0.2, -0.15) is 0 Å². The first-order valence-electron chi connectivity index (χ1n) is 7.36. The van der Waals surface area contributed by atoms with Crippen LogP contribution in [0.5, 0.6) is 0 Å². The SMILES string of the molecule is CCCC(NC(N)=O)P(=O)(c1ccccc1)c1ccccc1. The van der Waals surface area contributed by atoms with E-state index in [1.807, 2.05) is 67.6 Å². The highest BCUT2D eigenvalue weighted by Gasteiger charge is 2.36. The normalized spacial score (nSPS) is 12.6. The van der Waals surface area contributed by atoms with Crippen LogP contribution in [-0.2, 0) is 4.57 Å². The number of hydrogen-bond acceptors (Lipinski definition) is 2. The summed E-state index contributed by atoms with van der Waals surface area (Å²) < 4.78 is 14.0. The van der Waals surface area contributed by atoms with Gasteiger partial charge in [-0.15, -0.1) is 0 Å². The van der Waals surface area contributed by atoms with Gasteiger partial charge in [0, 0.05) is 10.6 Å². The van der Waals surface area contributed by atoms with E-state index in [0.717, 1.165) is 17.0 Å². The molecule has 0 saturated heterocycles. The maximum Gasteiger partial charge on any atom is 0.312 e. The molecule has 4 nitrogen and oxygen atoms in total. The Morgan fingerprint density at radius 1 is 1.05 bits per heavy atom. The summed E-state index contributed by atoms with van der Waals surface area (Å²) in [4.78, 5) is 11.4. The van der Waals surface area contributed by atoms with Crippen molar-refractivity contribution in [3.8, 4) is 0 Å². The molecule has 3 N–H and O–H groups in total. The third-order valence-corrected chi connectivity index (χ3v) is 6.99. The van der Waals surface area contributed by atoms with Gasteiger partial charge >= 0.3 is 6.03 Å². The van der Waals surface area contributed by atoms with Crippen LogP contribution in [0, 0.1) is 0 Å². The van der Waals surface area contributed by atoms with Crippen LogP contribution in [0.3, 0.4) is 0 Å². The molecule has 1 unspecified atom stereocenters. The molecule has 22 heavy (non-hydrogen) atoms. The van der Waals surface area contributed by atoms with E-state index in [0.29, 0.717) is 6.42 Å². The van der Waals surface area contributed by atoms with E-state index in [9.17, 15) is 9.36 Å². The largest absolute Gasteiger partial charge is 0.352 e. The fraction of sp³-hybridized carbons (Fsp3) is 0.235. The zero-order valence-corrected chi connectivity index (χ0v) is 13.5. The molecule has 0 radical (unpaired) electrons. The lowest BCUT2D eigenvalue weighted by Crippen LogP contribution is -2.42. The quantitative estimate of drug-likeness (QED) is 0.804. The summed E-state index contributed by atoms with van der Waals surface area (Å²) >= 11 is 0. The second-order valence-corrected chi connectivity index (χ2v) is 8.11. The lowest BCUT2D eigenvalue weighted by molar-refractivity contribution is 0.247. The fourth-order valence-electron chi connectivity index (χ4n) is 2.59. The van der Waals surface area contributed by atoms with Crippen molar-refractivity contribution in [2.24, 2.45) is 5.73 Å². The molecule has 0 fully saturated rings. The smallest absolute Gasteiger partial charge is 0.312 e. The zero-order valence-electron chi connectivity index (χ0n) is 12.6. The van der Waals surface area contributed by atoms with E-state index in [1.165, 1.54) is 0 Å². The van der Waals surface area contributed by atoms with E-state index >= 15 is 0 Å². The van der Waals surface area contributed by atoms with Crippen molar-refractivity contribution >= 4 is 23.8 Å². The molecule has 2 amide bonds.